The first kappa shape index (κ1) is 33.1. The molecule has 0 saturated heterocycles. The molecule has 7 N–H and O–H groups in total. The summed E-state index contributed by atoms with van der Waals surface area (Å²) in [4.78, 5) is 82.5. The van der Waals surface area contributed by atoms with E-state index >= 15 is 0 Å². The lowest BCUT2D eigenvalue weighted by molar-refractivity contribution is -0.142. The van der Waals surface area contributed by atoms with Gasteiger partial charge in [0.1, 0.15) is 18.1 Å². The molecule has 1 unspecified atom stereocenters. The normalized spacial score (nSPS) is 13.2. The number of hydrogen-bond acceptors (Lipinski definition) is 11. The van der Waals surface area contributed by atoms with E-state index in [1.807, 2.05) is 0 Å². The number of nitrogens with two attached hydrogens (primary N) is 1. The molecule has 0 fully saturated rings. The molecule has 0 radical (unpaired) electrons. The number of thioether (sulfide) groups is 1. The maximum atomic E-state index is 12.7. The average molecular weight is 546 g/mol. The molecule has 0 aliphatic rings. The average Bonchev–Trinajstić information content (AvgIpc) is 2.88. The van der Waals surface area contributed by atoms with Crippen LogP contribution in [0.5, 0.6) is 0 Å². The highest BCUT2D eigenvalue weighted by Crippen LogP contribution is 2.02. The van der Waals surface area contributed by atoms with Crippen LogP contribution in [0.2, 0.25) is 0 Å². The molecule has 0 aromatic heterocycles. The zero-order valence-electron chi connectivity index (χ0n) is 20.5. The van der Waals surface area contributed by atoms with Crippen LogP contribution < -0.4 is 27.0 Å². The highest BCUT2D eigenvalue weighted by Gasteiger charge is 2.28. The van der Waals surface area contributed by atoms with Gasteiger partial charge in [-0.3, -0.25) is 19.2 Å². The van der Waals surface area contributed by atoms with Crippen LogP contribution >= 0.6 is 11.8 Å². The van der Waals surface area contributed by atoms with E-state index in [-0.39, 0.29) is 13.0 Å². The molecule has 0 heterocycles. The van der Waals surface area contributed by atoms with E-state index in [2.05, 4.69) is 30.7 Å². The van der Waals surface area contributed by atoms with Crippen molar-refractivity contribution in [2.45, 2.75) is 24.5 Å². The van der Waals surface area contributed by atoms with Gasteiger partial charge in [0.2, 0.25) is 23.6 Å². The smallest absolute Gasteiger partial charge is 0.330 e. The van der Waals surface area contributed by atoms with Gasteiger partial charge in [0.25, 0.3) is 0 Å². The first-order valence-electron chi connectivity index (χ1n) is 10.6. The van der Waals surface area contributed by atoms with Crippen LogP contribution in [0.1, 0.15) is 6.42 Å². The van der Waals surface area contributed by atoms with Crippen molar-refractivity contribution in [2.24, 2.45) is 5.73 Å². The Bertz CT molecular complexity index is 908. The molecule has 0 aromatic rings. The number of hydrogen-bond donors (Lipinski definition) is 6. The summed E-state index contributed by atoms with van der Waals surface area (Å²) in [6.07, 6.45) is 5.25. The molecular weight excluding hydrogens is 514 g/mol. The third-order valence-corrected chi connectivity index (χ3v) is 4.96. The number of ether oxygens (including phenoxy) is 2. The molecule has 0 bridgehead atoms. The predicted octanol–water partition coefficient (Wildman–Crippen LogP) is -3.19. The van der Waals surface area contributed by atoms with Gasteiger partial charge in [-0.15, -0.1) is 0 Å². The van der Waals surface area contributed by atoms with E-state index in [0.29, 0.717) is 5.75 Å². The number of carbonyl (C=O) groups excluding carboxylic acids is 6. The zero-order chi connectivity index (χ0) is 28.4. The van der Waals surface area contributed by atoms with Gasteiger partial charge in [-0.05, 0) is 18.4 Å². The SMILES string of the molecule is COC(=O)/C=C/C(=O)NCC(N)C(=O)N[C@@H](CNC(=O)/C=C/C(=O)OC)C(=O)N[C@@H](CCSC)C(=O)O. The Morgan fingerprint density at radius 1 is 0.811 bits per heavy atom. The molecule has 0 rings (SSSR count). The zero-order valence-corrected chi connectivity index (χ0v) is 21.3. The lowest BCUT2D eigenvalue weighted by Crippen LogP contribution is -2.59. The molecule has 4 amide bonds. The Balaban J connectivity index is 5.32. The molecule has 0 saturated carbocycles. The molecule has 37 heavy (non-hydrogen) atoms. The molecular formula is C21H31N5O10S. The number of methoxy groups -OCH3 is 2. The Kier molecular flexibility index (Phi) is 16.4. The van der Waals surface area contributed by atoms with Crippen LogP contribution in [0, 0.1) is 0 Å². The van der Waals surface area contributed by atoms with Gasteiger partial charge in [-0.2, -0.15) is 11.8 Å². The predicted molar refractivity (Wildman–Crippen MR) is 131 cm³/mol. The van der Waals surface area contributed by atoms with Crippen molar-refractivity contribution in [2.75, 3.05) is 39.3 Å². The number of esters is 2. The first-order chi connectivity index (χ1) is 17.4. The van der Waals surface area contributed by atoms with E-state index in [9.17, 15) is 38.7 Å². The van der Waals surface area contributed by atoms with Crippen LogP contribution in [0.15, 0.2) is 24.3 Å². The lowest BCUT2D eigenvalue weighted by Gasteiger charge is -2.23. The van der Waals surface area contributed by atoms with Crippen LogP contribution in [0.25, 0.3) is 0 Å². The van der Waals surface area contributed by atoms with Crippen molar-refractivity contribution in [3.63, 3.8) is 0 Å². The van der Waals surface area contributed by atoms with Crippen LogP contribution in [0.4, 0.5) is 0 Å². The van der Waals surface area contributed by atoms with Crippen molar-refractivity contribution in [3.8, 4) is 0 Å². The van der Waals surface area contributed by atoms with E-state index in [1.54, 1.807) is 6.26 Å². The molecule has 0 aliphatic heterocycles. The highest BCUT2D eigenvalue weighted by atomic mass is 32.2. The first-order valence-corrected chi connectivity index (χ1v) is 12.0. The number of carboxylic acid groups (broad SMARTS) is 1. The molecule has 15 nitrogen and oxygen atoms in total. The van der Waals surface area contributed by atoms with E-state index in [1.165, 1.54) is 11.8 Å². The van der Waals surface area contributed by atoms with E-state index in [0.717, 1.165) is 38.5 Å². The minimum absolute atomic E-state index is 0.0990. The fourth-order valence-corrected chi connectivity index (χ4v) is 2.77. The quantitative estimate of drug-likeness (QED) is 0.0832. The maximum absolute atomic E-state index is 12.7. The van der Waals surface area contributed by atoms with Crippen LogP contribution in [-0.4, -0.2) is 104 Å². The van der Waals surface area contributed by atoms with Crippen molar-refractivity contribution < 1.29 is 48.1 Å². The number of carboxylic acids is 1. The summed E-state index contributed by atoms with van der Waals surface area (Å²) in [7, 11) is 2.23. The fraction of sp³-hybridized carbons (Fsp3) is 0.476. The second kappa shape index (κ2) is 18.4. The Hall–Kier alpha value is -3.92. The van der Waals surface area contributed by atoms with Gasteiger partial charge in [-0.25, -0.2) is 14.4 Å². The molecule has 3 atom stereocenters. The summed E-state index contributed by atoms with van der Waals surface area (Å²) < 4.78 is 8.70. The minimum Gasteiger partial charge on any atom is -0.480 e. The molecule has 0 aromatic carbocycles. The van der Waals surface area contributed by atoms with Gasteiger partial charge in [0.15, 0.2) is 0 Å². The molecule has 206 valence electrons. The van der Waals surface area contributed by atoms with Crippen LogP contribution in [0.3, 0.4) is 0 Å². The largest absolute Gasteiger partial charge is 0.480 e. The molecule has 0 spiro atoms. The number of carbonyl (C=O) groups is 7. The number of aliphatic carboxylic acids is 1. The van der Waals surface area contributed by atoms with Crippen molar-refractivity contribution >= 4 is 53.3 Å². The number of amides is 4. The van der Waals surface area contributed by atoms with Gasteiger partial charge in [0, 0.05) is 37.4 Å². The topological polar surface area (TPSA) is 232 Å². The lowest BCUT2D eigenvalue weighted by atomic mass is 10.1. The van der Waals surface area contributed by atoms with Gasteiger partial charge in [-0.1, -0.05) is 0 Å². The fourth-order valence-electron chi connectivity index (χ4n) is 2.30. The third-order valence-electron chi connectivity index (χ3n) is 4.32. The maximum Gasteiger partial charge on any atom is 0.330 e. The van der Waals surface area contributed by atoms with Gasteiger partial charge < -0.3 is 41.6 Å². The summed E-state index contributed by atoms with van der Waals surface area (Å²) in [6.45, 7) is -0.873. The highest BCUT2D eigenvalue weighted by molar-refractivity contribution is 7.98. The molecule has 16 heteroatoms. The number of nitrogens with one attached hydrogen (secondary N) is 4. The standard InChI is InChI=1S/C21H31N5O10S/c1-35-17(29)6-4-15(27)23-10-12(22)19(31)26-14(11-24-16(28)5-7-18(30)36-2)20(32)25-13(21(33)34)8-9-37-3/h4-7,12-14H,8-11,22H2,1-3H3,(H,23,27)(H,24,28)(H,25,32)(H,26,31)(H,33,34)/b6-4+,7-5+/t12?,13-,14-/m0/s1. The monoisotopic (exact) mass is 545 g/mol. The Morgan fingerprint density at radius 3 is 1.76 bits per heavy atom. The summed E-state index contributed by atoms with van der Waals surface area (Å²) in [6, 6.07) is -4.07. The third kappa shape index (κ3) is 14.9. The van der Waals surface area contributed by atoms with Crippen molar-refractivity contribution in [1.82, 2.24) is 21.3 Å². The Morgan fingerprint density at radius 2 is 1.30 bits per heavy atom. The second-order valence-corrected chi connectivity index (χ2v) is 8.04. The Labute approximate surface area is 216 Å². The van der Waals surface area contributed by atoms with E-state index in [4.69, 9.17) is 5.73 Å². The van der Waals surface area contributed by atoms with Gasteiger partial charge in [0.05, 0.1) is 14.2 Å². The summed E-state index contributed by atoms with van der Waals surface area (Å²) in [5.74, 6) is -5.81. The summed E-state index contributed by atoms with van der Waals surface area (Å²) >= 11 is 1.37. The van der Waals surface area contributed by atoms with Crippen molar-refractivity contribution in [1.29, 1.82) is 0 Å². The summed E-state index contributed by atoms with van der Waals surface area (Å²) in [5, 5.41) is 18.5. The van der Waals surface area contributed by atoms with E-state index < -0.39 is 66.2 Å². The molecule has 0 aliphatic carbocycles. The minimum atomic E-state index is -1.46. The van der Waals surface area contributed by atoms with Crippen molar-refractivity contribution in [3.05, 3.63) is 24.3 Å². The van der Waals surface area contributed by atoms with Crippen LogP contribution in [-0.2, 0) is 43.0 Å². The summed E-state index contributed by atoms with van der Waals surface area (Å²) in [5.41, 5.74) is 5.74. The van der Waals surface area contributed by atoms with Gasteiger partial charge >= 0.3 is 17.9 Å². The second-order valence-electron chi connectivity index (χ2n) is 7.05. The number of rotatable bonds is 16.